The summed E-state index contributed by atoms with van der Waals surface area (Å²) < 4.78 is 6.04. The lowest BCUT2D eigenvalue weighted by Crippen LogP contribution is -2.03. The Labute approximate surface area is 166 Å². The summed E-state index contributed by atoms with van der Waals surface area (Å²) in [7, 11) is 1.21. The van der Waals surface area contributed by atoms with Gasteiger partial charge in [0.15, 0.2) is 0 Å². The van der Waals surface area contributed by atoms with Crippen LogP contribution in [-0.4, -0.2) is 7.11 Å². The first-order chi connectivity index (χ1) is 13.9. The molecule has 0 aliphatic rings. The molecular weight excluding hydrogens is 359 g/mol. The zero-order valence-electron chi connectivity index (χ0n) is 15.7. The highest BCUT2D eigenvalue weighted by Gasteiger charge is 2.21. The zero-order chi connectivity index (χ0) is 18.9. The van der Waals surface area contributed by atoms with Crippen molar-refractivity contribution in [3.05, 3.63) is 114 Å². The molecule has 0 aliphatic carbocycles. The van der Waals surface area contributed by atoms with E-state index in [2.05, 4.69) is 103 Å². The molecule has 5 rings (SSSR count). The van der Waals surface area contributed by atoms with E-state index in [1.807, 2.05) is 7.11 Å². The van der Waals surface area contributed by atoms with E-state index in [-0.39, 0.29) is 6.10 Å². The smallest absolute Gasteiger partial charge is 0.108 e. The minimum atomic E-state index is -0.601. The summed E-state index contributed by atoms with van der Waals surface area (Å²) in [5, 5.41) is 6.96. The molecule has 136 valence electrons. The van der Waals surface area contributed by atoms with E-state index in [0.29, 0.717) is 0 Å². The van der Waals surface area contributed by atoms with Crippen molar-refractivity contribution in [2.75, 3.05) is 7.11 Å². The maximum atomic E-state index is 6.04. The summed E-state index contributed by atoms with van der Waals surface area (Å²) in [6.45, 7) is 0. The third-order valence-electron chi connectivity index (χ3n) is 5.36. The standard InChI is InChI=1S/C26H21OP/c1-27-25(19-11-4-2-5-12-19)23-17-10-16-22-21-15-8-9-18-24(21)28(26(22)23)20-13-6-3-7-14-20/h2-18,25H,1H3. The van der Waals surface area contributed by atoms with Crippen molar-refractivity contribution < 1.29 is 4.74 Å². The maximum Gasteiger partial charge on any atom is 0.108 e. The molecule has 0 saturated carbocycles. The van der Waals surface area contributed by atoms with Gasteiger partial charge in [-0.1, -0.05) is 111 Å². The zero-order valence-corrected chi connectivity index (χ0v) is 16.6. The first-order valence-electron chi connectivity index (χ1n) is 9.53. The van der Waals surface area contributed by atoms with Gasteiger partial charge in [0.25, 0.3) is 0 Å². The van der Waals surface area contributed by atoms with Crippen LogP contribution >= 0.6 is 7.53 Å². The molecule has 0 amide bonds. The average molecular weight is 380 g/mol. The van der Waals surface area contributed by atoms with Crippen molar-refractivity contribution in [1.82, 2.24) is 0 Å². The molecule has 0 saturated heterocycles. The van der Waals surface area contributed by atoms with Crippen molar-refractivity contribution in [2.45, 2.75) is 6.10 Å². The van der Waals surface area contributed by atoms with Crippen molar-refractivity contribution in [1.29, 1.82) is 0 Å². The van der Waals surface area contributed by atoms with Gasteiger partial charge in [0.05, 0.1) is 0 Å². The van der Waals surface area contributed by atoms with Gasteiger partial charge in [-0.2, -0.15) is 0 Å². The van der Waals surface area contributed by atoms with Crippen LogP contribution in [0.25, 0.3) is 26.3 Å². The molecule has 0 spiro atoms. The molecule has 28 heavy (non-hydrogen) atoms. The maximum absolute atomic E-state index is 6.04. The fourth-order valence-electron chi connectivity index (χ4n) is 4.17. The Morgan fingerprint density at radius 2 is 1.29 bits per heavy atom. The first kappa shape index (κ1) is 17.3. The summed E-state index contributed by atoms with van der Waals surface area (Å²) >= 11 is 0. The molecular formula is C26H21OP. The monoisotopic (exact) mass is 380 g/mol. The van der Waals surface area contributed by atoms with E-state index in [0.717, 1.165) is 0 Å². The van der Waals surface area contributed by atoms with Crippen LogP contribution in [0.2, 0.25) is 0 Å². The number of rotatable bonds is 4. The third-order valence-corrected chi connectivity index (χ3v) is 7.99. The van der Waals surface area contributed by atoms with Gasteiger partial charge in [0.1, 0.15) is 6.10 Å². The minimum absolute atomic E-state index is 0.0702. The van der Waals surface area contributed by atoms with Crippen LogP contribution in [0.1, 0.15) is 17.2 Å². The van der Waals surface area contributed by atoms with E-state index in [1.165, 1.54) is 37.4 Å². The van der Waals surface area contributed by atoms with Crippen LogP contribution in [0.5, 0.6) is 0 Å². The molecule has 2 unspecified atom stereocenters. The highest BCUT2D eigenvalue weighted by Crippen LogP contribution is 2.57. The van der Waals surface area contributed by atoms with Gasteiger partial charge in [-0.3, -0.25) is 0 Å². The lowest BCUT2D eigenvalue weighted by molar-refractivity contribution is 0.138. The van der Waals surface area contributed by atoms with Gasteiger partial charge < -0.3 is 4.74 Å². The summed E-state index contributed by atoms with van der Waals surface area (Å²) in [6, 6.07) is 37.0. The van der Waals surface area contributed by atoms with Gasteiger partial charge in [-0.05, 0) is 27.2 Å². The van der Waals surface area contributed by atoms with Crippen molar-refractivity contribution >= 4 is 28.5 Å². The molecule has 2 atom stereocenters. The number of ether oxygens (including phenoxy) is 1. The molecule has 5 aromatic rings. The molecule has 0 aliphatic heterocycles. The second-order valence-electron chi connectivity index (χ2n) is 6.96. The van der Waals surface area contributed by atoms with E-state index in [9.17, 15) is 0 Å². The number of hydrogen-bond acceptors (Lipinski definition) is 1. The van der Waals surface area contributed by atoms with Crippen molar-refractivity contribution in [2.24, 2.45) is 0 Å². The number of methoxy groups -OCH3 is 1. The molecule has 4 aromatic carbocycles. The lowest BCUT2D eigenvalue weighted by atomic mass is 9.99. The predicted octanol–water partition coefficient (Wildman–Crippen LogP) is 7.70. The number of hydrogen-bond donors (Lipinski definition) is 0. The largest absolute Gasteiger partial charge is 0.372 e. The summed E-state index contributed by atoms with van der Waals surface area (Å²) in [6.07, 6.45) is -0.0702. The Kier molecular flexibility index (Phi) is 4.49. The minimum Gasteiger partial charge on any atom is -0.372 e. The summed E-state index contributed by atoms with van der Waals surface area (Å²) in [4.78, 5) is 0. The van der Waals surface area contributed by atoms with E-state index in [4.69, 9.17) is 4.74 Å². The average Bonchev–Trinajstić information content (AvgIpc) is 3.11. The summed E-state index contributed by atoms with van der Waals surface area (Å²) in [5.41, 5.74) is 2.47. The van der Waals surface area contributed by atoms with Crippen LogP contribution in [0, 0.1) is 0 Å². The van der Waals surface area contributed by atoms with Gasteiger partial charge in [0.2, 0.25) is 0 Å². The molecule has 1 aromatic heterocycles. The Morgan fingerprint density at radius 3 is 2.04 bits per heavy atom. The number of benzene rings is 4. The second-order valence-corrected chi connectivity index (χ2v) is 9.07. The van der Waals surface area contributed by atoms with Gasteiger partial charge in [0, 0.05) is 17.3 Å². The molecule has 0 bridgehead atoms. The van der Waals surface area contributed by atoms with Crippen LogP contribution < -0.4 is 0 Å². The van der Waals surface area contributed by atoms with E-state index >= 15 is 0 Å². The highest BCUT2D eigenvalue weighted by atomic mass is 31.1. The van der Waals surface area contributed by atoms with Gasteiger partial charge in [-0.25, -0.2) is 0 Å². The van der Waals surface area contributed by atoms with Crippen LogP contribution in [0.4, 0.5) is 0 Å². The Balaban J connectivity index is 1.89. The topological polar surface area (TPSA) is 9.23 Å². The van der Waals surface area contributed by atoms with E-state index in [1.54, 1.807) is 0 Å². The molecule has 2 heteroatoms. The Bertz CT molecular complexity index is 1240. The Hall–Kier alpha value is -2.86. The number of fused-ring (bicyclic) bond motifs is 3. The third kappa shape index (κ3) is 2.76. The second kappa shape index (κ2) is 7.28. The predicted molar refractivity (Wildman–Crippen MR) is 121 cm³/mol. The summed E-state index contributed by atoms with van der Waals surface area (Å²) in [5.74, 6) is 0. The van der Waals surface area contributed by atoms with E-state index < -0.39 is 7.53 Å². The molecule has 0 radical (unpaired) electrons. The molecule has 1 heterocycles. The highest BCUT2D eigenvalue weighted by molar-refractivity contribution is 7.68. The molecule has 1 nitrogen and oxygen atoms in total. The fraction of sp³-hybridized carbons (Fsp3) is 0.0769. The quantitative estimate of drug-likeness (QED) is 0.310. The van der Waals surface area contributed by atoms with Crippen molar-refractivity contribution in [3.63, 3.8) is 0 Å². The normalized spacial score (nSPS) is 13.1. The van der Waals surface area contributed by atoms with Crippen LogP contribution in [0.3, 0.4) is 0 Å². The lowest BCUT2D eigenvalue weighted by Gasteiger charge is -2.19. The molecule has 0 fully saturated rings. The van der Waals surface area contributed by atoms with Gasteiger partial charge in [-0.15, -0.1) is 0 Å². The van der Waals surface area contributed by atoms with Crippen molar-refractivity contribution in [3.8, 4) is 5.30 Å². The molecule has 0 N–H and O–H groups in total. The first-order valence-corrected chi connectivity index (χ1v) is 10.9. The Morgan fingerprint density at radius 1 is 0.643 bits per heavy atom. The van der Waals surface area contributed by atoms with Crippen LogP contribution in [-0.2, 0) is 4.74 Å². The SMILES string of the molecule is COC(c1ccccc1)c1cccc2c3ccccc3p(-c3ccccc3)c12. The van der Waals surface area contributed by atoms with Crippen LogP contribution in [0.15, 0.2) is 103 Å². The fourth-order valence-corrected chi connectivity index (χ4v) is 6.98. The van der Waals surface area contributed by atoms with Gasteiger partial charge >= 0.3 is 0 Å².